The molecule has 0 aromatic carbocycles. The molecular weight excluding hydrogens is 156 g/mol. The van der Waals surface area contributed by atoms with E-state index in [1.807, 2.05) is 0 Å². The second-order valence-corrected chi connectivity index (χ2v) is 4.17. The van der Waals surface area contributed by atoms with E-state index >= 15 is 0 Å². The third kappa shape index (κ3) is 1.02. The molecule has 11 heavy (non-hydrogen) atoms. The first-order valence-electron chi connectivity index (χ1n) is 3.79. The first-order valence-corrected chi connectivity index (χ1v) is 4.67. The van der Waals surface area contributed by atoms with Crippen LogP contribution < -0.4 is 0 Å². The van der Waals surface area contributed by atoms with Crippen molar-refractivity contribution in [2.75, 3.05) is 0 Å². The largest absolute Gasteiger partial charge is 0.302 e. The molecule has 0 atom stereocenters. The smallest absolute Gasteiger partial charge is 0.131 e. The summed E-state index contributed by atoms with van der Waals surface area (Å²) in [5.41, 5.74) is 1.22. The Labute approximate surface area is 70.1 Å². The van der Waals surface area contributed by atoms with Gasteiger partial charge in [0.05, 0.1) is 5.41 Å². The van der Waals surface area contributed by atoms with Crippen molar-refractivity contribution in [2.45, 2.75) is 25.2 Å². The van der Waals surface area contributed by atoms with Gasteiger partial charge in [0.25, 0.3) is 0 Å². The highest BCUT2D eigenvalue weighted by atomic mass is 32.1. The average molecular weight is 166 g/mol. The standard InChI is InChI=1S/C9H10OS/c1-7-4-8(11-5-7)9(6-10)2-3-9/h4-6H,2-3H2,1H3. The van der Waals surface area contributed by atoms with Crippen molar-refractivity contribution in [1.29, 1.82) is 0 Å². The van der Waals surface area contributed by atoms with E-state index in [-0.39, 0.29) is 5.41 Å². The van der Waals surface area contributed by atoms with E-state index in [1.54, 1.807) is 11.3 Å². The second kappa shape index (κ2) is 2.18. The number of thiophene rings is 1. The molecule has 2 rings (SSSR count). The zero-order chi connectivity index (χ0) is 7.90. The van der Waals surface area contributed by atoms with E-state index in [0.717, 1.165) is 19.1 Å². The summed E-state index contributed by atoms with van der Waals surface area (Å²) in [6.45, 7) is 2.07. The molecule has 2 heteroatoms. The monoisotopic (exact) mass is 166 g/mol. The summed E-state index contributed by atoms with van der Waals surface area (Å²) in [4.78, 5) is 12.0. The van der Waals surface area contributed by atoms with Crippen molar-refractivity contribution >= 4 is 17.6 Å². The van der Waals surface area contributed by atoms with Gasteiger partial charge in [-0.25, -0.2) is 0 Å². The number of aryl methyl sites for hydroxylation is 1. The first kappa shape index (κ1) is 7.04. The van der Waals surface area contributed by atoms with Crippen molar-refractivity contribution < 1.29 is 4.79 Å². The molecule has 0 unspecified atom stereocenters. The molecule has 0 N–H and O–H groups in total. The number of carbonyl (C=O) groups excluding carboxylic acids is 1. The van der Waals surface area contributed by atoms with Gasteiger partial charge in [0.15, 0.2) is 0 Å². The van der Waals surface area contributed by atoms with Gasteiger partial charge in [-0.15, -0.1) is 11.3 Å². The maximum absolute atomic E-state index is 10.7. The van der Waals surface area contributed by atoms with Crippen molar-refractivity contribution in [1.82, 2.24) is 0 Å². The van der Waals surface area contributed by atoms with Crippen LogP contribution in [0.5, 0.6) is 0 Å². The molecule has 0 spiro atoms. The van der Waals surface area contributed by atoms with Crippen molar-refractivity contribution in [3.63, 3.8) is 0 Å². The van der Waals surface area contributed by atoms with E-state index in [4.69, 9.17) is 0 Å². The SMILES string of the molecule is Cc1csc(C2(C=O)CC2)c1. The Bertz CT molecular complexity index is 284. The average Bonchev–Trinajstić information content (AvgIpc) is 2.70. The number of rotatable bonds is 2. The van der Waals surface area contributed by atoms with Gasteiger partial charge in [0.2, 0.25) is 0 Å². The summed E-state index contributed by atoms with van der Waals surface area (Å²) in [7, 11) is 0. The highest BCUT2D eigenvalue weighted by Crippen LogP contribution is 2.48. The minimum absolute atomic E-state index is 0.0566. The molecule has 1 aromatic heterocycles. The van der Waals surface area contributed by atoms with Crippen molar-refractivity contribution in [3.05, 3.63) is 21.9 Å². The molecule has 1 aromatic rings. The maximum atomic E-state index is 10.7. The Balaban J connectivity index is 2.36. The van der Waals surface area contributed by atoms with Crippen LogP contribution in [0.25, 0.3) is 0 Å². The zero-order valence-electron chi connectivity index (χ0n) is 6.46. The topological polar surface area (TPSA) is 17.1 Å². The fraction of sp³-hybridized carbons (Fsp3) is 0.444. The van der Waals surface area contributed by atoms with Crippen LogP contribution >= 0.6 is 11.3 Å². The fourth-order valence-electron chi connectivity index (χ4n) is 1.25. The van der Waals surface area contributed by atoms with Gasteiger partial charge in [-0.1, -0.05) is 0 Å². The van der Waals surface area contributed by atoms with Crippen LogP contribution in [-0.2, 0) is 10.2 Å². The maximum Gasteiger partial charge on any atom is 0.131 e. The molecule has 0 aliphatic heterocycles. The van der Waals surface area contributed by atoms with Gasteiger partial charge >= 0.3 is 0 Å². The van der Waals surface area contributed by atoms with Crippen LogP contribution in [0.4, 0.5) is 0 Å². The second-order valence-electron chi connectivity index (χ2n) is 3.26. The van der Waals surface area contributed by atoms with Gasteiger partial charge < -0.3 is 4.79 Å². The molecule has 1 nitrogen and oxygen atoms in total. The summed E-state index contributed by atoms with van der Waals surface area (Å²) in [5.74, 6) is 0. The molecule has 1 fully saturated rings. The quantitative estimate of drug-likeness (QED) is 0.616. The van der Waals surface area contributed by atoms with Crippen molar-refractivity contribution in [3.8, 4) is 0 Å². The summed E-state index contributed by atoms with van der Waals surface area (Å²) < 4.78 is 0. The third-order valence-corrected chi connectivity index (χ3v) is 3.50. The third-order valence-electron chi connectivity index (χ3n) is 2.24. The molecule has 0 saturated heterocycles. The lowest BCUT2D eigenvalue weighted by molar-refractivity contribution is -0.109. The van der Waals surface area contributed by atoms with Crippen LogP contribution in [0, 0.1) is 6.92 Å². The van der Waals surface area contributed by atoms with E-state index in [9.17, 15) is 4.79 Å². The van der Waals surface area contributed by atoms with E-state index in [0.29, 0.717) is 0 Å². The summed E-state index contributed by atoms with van der Waals surface area (Å²) >= 11 is 1.71. The van der Waals surface area contributed by atoms with Gasteiger partial charge in [-0.3, -0.25) is 0 Å². The van der Waals surface area contributed by atoms with Crippen LogP contribution in [0.2, 0.25) is 0 Å². The lowest BCUT2D eigenvalue weighted by Crippen LogP contribution is -2.04. The molecule has 58 valence electrons. The Morgan fingerprint density at radius 3 is 2.73 bits per heavy atom. The number of hydrogen-bond acceptors (Lipinski definition) is 2. The Hall–Kier alpha value is -0.630. The van der Waals surface area contributed by atoms with Crippen LogP contribution in [0.15, 0.2) is 11.4 Å². The minimum Gasteiger partial charge on any atom is -0.302 e. The molecule has 1 aliphatic rings. The normalized spacial score (nSPS) is 19.7. The van der Waals surface area contributed by atoms with Gasteiger partial charge in [0.1, 0.15) is 6.29 Å². The number of aldehydes is 1. The number of hydrogen-bond donors (Lipinski definition) is 0. The molecular formula is C9H10OS. The Kier molecular flexibility index (Phi) is 1.39. The van der Waals surface area contributed by atoms with E-state index in [1.165, 1.54) is 10.4 Å². The molecule has 0 radical (unpaired) electrons. The lowest BCUT2D eigenvalue weighted by atomic mass is 10.1. The summed E-state index contributed by atoms with van der Waals surface area (Å²) in [5, 5.41) is 2.11. The number of carbonyl (C=O) groups is 1. The molecule has 1 heterocycles. The predicted molar refractivity (Wildman–Crippen MR) is 46.0 cm³/mol. The molecule has 1 saturated carbocycles. The zero-order valence-corrected chi connectivity index (χ0v) is 7.28. The van der Waals surface area contributed by atoms with Crippen LogP contribution in [0.3, 0.4) is 0 Å². The Morgan fingerprint density at radius 1 is 1.64 bits per heavy atom. The van der Waals surface area contributed by atoms with E-state index in [2.05, 4.69) is 18.4 Å². The highest BCUT2D eigenvalue weighted by Gasteiger charge is 2.45. The molecule has 0 amide bonds. The van der Waals surface area contributed by atoms with Gasteiger partial charge in [-0.2, -0.15) is 0 Å². The van der Waals surface area contributed by atoms with Crippen LogP contribution in [0.1, 0.15) is 23.3 Å². The van der Waals surface area contributed by atoms with Gasteiger partial charge in [0, 0.05) is 4.88 Å². The lowest BCUT2D eigenvalue weighted by Gasteiger charge is -2.00. The Morgan fingerprint density at radius 2 is 2.36 bits per heavy atom. The first-order chi connectivity index (χ1) is 5.27. The van der Waals surface area contributed by atoms with Crippen LogP contribution in [-0.4, -0.2) is 6.29 Å². The predicted octanol–water partition coefficient (Wildman–Crippen LogP) is 2.29. The van der Waals surface area contributed by atoms with E-state index < -0.39 is 0 Å². The summed E-state index contributed by atoms with van der Waals surface area (Å²) in [6, 6.07) is 2.13. The van der Waals surface area contributed by atoms with Gasteiger partial charge in [-0.05, 0) is 36.8 Å². The fourth-order valence-corrected chi connectivity index (χ4v) is 2.37. The molecule has 1 aliphatic carbocycles. The molecule has 0 bridgehead atoms. The summed E-state index contributed by atoms with van der Waals surface area (Å²) in [6.07, 6.45) is 3.21. The van der Waals surface area contributed by atoms with Crippen molar-refractivity contribution in [2.24, 2.45) is 0 Å². The minimum atomic E-state index is -0.0566. The highest BCUT2D eigenvalue weighted by molar-refractivity contribution is 7.10.